The average molecular weight is 182 g/mol. The molecule has 0 N–H and O–H groups in total. The highest BCUT2D eigenvalue weighted by Gasteiger charge is 1.91. The van der Waals surface area contributed by atoms with Gasteiger partial charge in [0.2, 0.25) is 0 Å². The van der Waals surface area contributed by atoms with Crippen molar-refractivity contribution in [3.05, 3.63) is 24.7 Å². The zero-order valence-electron chi connectivity index (χ0n) is 7.74. The molecule has 1 aromatic rings. The molecule has 0 atom stereocenters. The van der Waals surface area contributed by atoms with Gasteiger partial charge in [-0.15, -0.1) is 11.8 Å². The maximum Gasteiger partial charge on any atom is 0.152 e. The van der Waals surface area contributed by atoms with Crippen LogP contribution in [0.2, 0.25) is 0 Å². The monoisotopic (exact) mass is 182 g/mol. The molecule has 0 saturated carbocycles. The van der Waals surface area contributed by atoms with Gasteiger partial charge in [0.15, 0.2) is 5.82 Å². The fraction of sp³-hybridized carbons (Fsp3) is 0.333. The lowest BCUT2D eigenvalue weighted by Gasteiger charge is -1.93. The third-order valence-electron chi connectivity index (χ3n) is 1.04. The summed E-state index contributed by atoms with van der Waals surface area (Å²) in [6.45, 7) is 7.57. The first kappa shape index (κ1) is 11.2. The SMILES string of the molecule is C=Cc1nccc(SC)n1.CC. The molecule has 0 aliphatic heterocycles. The van der Waals surface area contributed by atoms with Gasteiger partial charge in [-0.05, 0) is 18.4 Å². The first-order valence-electron chi connectivity index (χ1n) is 3.86. The van der Waals surface area contributed by atoms with E-state index >= 15 is 0 Å². The average Bonchev–Trinajstić information content (AvgIpc) is 2.21. The predicted molar refractivity (Wildman–Crippen MR) is 55.3 cm³/mol. The van der Waals surface area contributed by atoms with Crippen molar-refractivity contribution in [3.8, 4) is 0 Å². The van der Waals surface area contributed by atoms with Crippen LogP contribution in [0.1, 0.15) is 19.7 Å². The van der Waals surface area contributed by atoms with Crippen LogP contribution in [0.25, 0.3) is 6.08 Å². The van der Waals surface area contributed by atoms with Crippen molar-refractivity contribution >= 4 is 17.8 Å². The van der Waals surface area contributed by atoms with E-state index in [-0.39, 0.29) is 0 Å². The fourth-order valence-corrected chi connectivity index (χ4v) is 0.950. The van der Waals surface area contributed by atoms with Gasteiger partial charge in [0.05, 0.1) is 5.03 Å². The zero-order valence-corrected chi connectivity index (χ0v) is 8.56. The Bertz CT molecular complexity index is 236. The van der Waals surface area contributed by atoms with Crippen molar-refractivity contribution < 1.29 is 0 Å². The van der Waals surface area contributed by atoms with Gasteiger partial charge >= 0.3 is 0 Å². The molecule has 0 saturated heterocycles. The van der Waals surface area contributed by atoms with E-state index in [1.54, 1.807) is 24.0 Å². The van der Waals surface area contributed by atoms with Crippen molar-refractivity contribution in [1.82, 2.24) is 9.97 Å². The van der Waals surface area contributed by atoms with Gasteiger partial charge in [-0.25, -0.2) is 9.97 Å². The van der Waals surface area contributed by atoms with Crippen LogP contribution < -0.4 is 0 Å². The van der Waals surface area contributed by atoms with Crippen molar-refractivity contribution in [2.24, 2.45) is 0 Å². The lowest BCUT2D eigenvalue weighted by Crippen LogP contribution is -1.86. The standard InChI is InChI=1S/C7H8N2S.C2H6/c1-3-6-8-5-4-7(9-6)10-2;1-2/h3-5H,1H2,2H3;1-2H3. The van der Waals surface area contributed by atoms with E-state index in [9.17, 15) is 0 Å². The molecule has 1 aromatic heterocycles. The Morgan fingerprint density at radius 3 is 2.67 bits per heavy atom. The summed E-state index contributed by atoms with van der Waals surface area (Å²) in [6.07, 6.45) is 5.35. The molecule has 66 valence electrons. The molecule has 3 heteroatoms. The van der Waals surface area contributed by atoms with Crippen LogP contribution in [0.4, 0.5) is 0 Å². The lowest BCUT2D eigenvalue weighted by molar-refractivity contribution is 1.03. The molecule has 0 spiro atoms. The molecule has 0 radical (unpaired) electrons. The molecule has 2 nitrogen and oxygen atoms in total. The van der Waals surface area contributed by atoms with E-state index < -0.39 is 0 Å². The van der Waals surface area contributed by atoms with Crippen LogP contribution in [-0.2, 0) is 0 Å². The Hall–Kier alpha value is -0.830. The van der Waals surface area contributed by atoms with Crippen LogP contribution >= 0.6 is 11.8 Å². The quantitative estimate of drug-likeness (QED) is 0.519. The van der Waals surface area contributed by atoms with Crippen molar-refractivity contribution in [3.63, 3.8) is 0 Å². The molecule has 1 rings (SSSR count). The van der Waals surface area contributed by atoms with Gasteiger partial charge in [0, 0.05) is 6.20 Å². The van der Waals surface area contributed by atoms with Crippen molar-refractivity contribution in [2.75, 3.05) is 6.26 Å². The first-order valence-corrected chi connectivity index (χ1v) is 5.09. The Balaban J connectivity index is 0.000000561. The van der Waals surface area contributed by atoms with E-state index in [0.717, 1.165) is 5.03 Å². The van der Waals surface area contributed by atoms with Crippen LogP contribution in [0.5, 0.6) is 0 Å². The summed E-state index contributed by atoms with van der Waals surface area (Å²) < 4.78 is 0. The van der Waals surface area contributed by atoms with Gasteiger partial charge in [-0.1, -0.05) is 20.4 Å². The van der Waals surface area contributed by atoms with E-state index in [0.29, 0.717) is 5.82 Å². The summed E-state index contributed by atoms with van der Waals surface area (Å²) in [5.41, 5.74) is 0. The Labute approximate surface area is 78.1 Å². The predicted octanol–water partition coefficient (Wildman–Crippen LogP) is 2.87. The van der Waals surface area contributed by atoms with Gasteiger partial charge in [-0.2, -0.15) is 0 Å². The third-order valence-corrected chi connectivity index (χ3v) is 1.69. The Kier molecular flexibility index (Phi) is 6.38. The number of rotatable bonds is 2. The minimum atomic E-state index is 0.687. The topological polar surface area (TPSA) is 25.8 Å². The molecule has 0 amide bonds. The minimum absolute atomic E-state index is 0.687. The Morgan fingerprint density at radius 2 is 2.17 bits per heavy atom. The lowest BCUT2D eigenvalue weighted by atomic mass is 10.5. The number of thioether (sulfide) groups is 1. The summed E-state index contributed by atoms with van der Waals surface area (Å²) in [4.78, 5) is 8.11. The second kappa shape index (κ2) is 6.85. The highest BCUT2D eigenvalue weighted by molar-refractivity contribution is 7.98. The maximum absolute atomic E-state index is 4.14. The summed E-state index contributed by atoms with van der Waals surface area (Å²) in [5, 5.41) is 0.977. The second-order valence-corrected chi connectivity index (χ2v) is 2.49. The van der Waals surface area contributed by atoms with E-state index in [1.165, 1.54) is 0 Å². The molecule has 0 aromatic carbocycles. The van der Waals surface area contributed by atoms with Crippen LogP contribution in [0.3, 0.4) is 0 Å². The molecule has 1 heterocycles. The Morgan fingerprint density at radius 1 is 1.50 bits per heavy atom. The van der Waals surface area contributed by atoms with Crippen molar-refractivity contribution in [1.29, 1.82) is 0 Å². The van der Waals surface area contributed by atoms with E-state index in [2.05, 4.69) is 16.5 Å². The van der Waals surface area contributed by atoms with Crippen LogP contribution in [0.15, 0.2) is 23.9 Å². The molecule has 0 unspecified atom stereocenters. The number of aromatic nitrogens is 2. The number of nitrogens with zero attached hydrogens (tertiary/aromatic N) is 2. The van der Waals surface area contributed by atoms with Gasteiger partial charge in [0.1, 0.15) is 0 Å². The molecule has 0 aliphatic rings. The minimum Gasteiger partial charge on any atom is -0.237 e. The number of hydrogen-bond acceptors (Lipinski definition) is 3. The first-order chi connectivity index (χ1) is 5.86. The van der Waals surface area contributed by atoms with Gasteiger partial charge < -0.3 is 0 Å². The second-order valence-electron chi connectivity index (χ2n) is 1.66. The molecule has 0 aliphatic carbocycles. The largest absolute Gasteiger partial charge is 0.237 e. The van der Waals surface area contributed by atoms with E-state index in [4.69, 9.17) is 0 Å². The summed E-state index contributed by atoms with van der Waals surface area (Å²) in [7, 11) is 0. The summed E-state index contributed by atoms with van der Waals surface area (Å²) >= 11 is 1.60. The molecule has 12 heavy (non-hydrogen) atoms. The fourth-order valence-electron chi connectivity index (χ4n) is 0.568. The van der Waals surface area contributed by atoms with Gasteiger partial charge in [-0.3, -0.25) is 0 Å². The normalized spacial score (nSPS) is 8.25. The van der Waals surface area contributed by atoms with Gasteiger partial charge in [0.25, 0.3) is 0 Å². The molecule has 0 fully saturated rings. The maximum atomic E-state index is 4.14. The molecular formula is C9H14N2S. The summed E-state index contributed by atoms with van der Waals surface area (Å²) in [5.74, 6) is 0.687. The third kappa shape index (κ3) is 3.53. The van der Waals surface area contributed by atoms with Crippen LogP contribution in [0, 0.1) is 0 Å². The smallest absolute Gasteiger partial charge is 0.152 e. The van der Waals surface area contributed by atoms with E-state index in [1.807, 2.05) is 26.2 Å². The number of hydrogen-bond donors (Lipinski definition) is 0. The zero-order chi connectivity index (χ0) is 9.40. The molecular weight excluding hydrogens is 168 g/mol. The summed E-state index contributed by atoms with van der Waals surface area (Å²) in [6, 6.07) is 1.87. The highest BCUT2D eigenvalue weighted by Crippen LogP contribution is 2.09. The highest BCUT2D eigenvalue weighted by atomic mass is 32.2. The molecule has 0 bridgehead atoms. The van der Waals surface area contributed by atoms with Crippen LogP contribution in [-0.4, -0.2) is 16.2 Å². The van der Waals surface area contributed by atoms with Crippen molar-refractivity contribution in [2.45, 2.75) is 18.9 Å².